The van der Waals surface area contributed by atoms with E-state index in [1.807, 2.05) is 11.8 Å². The van der Waals surface area contributed by atoms with E-state index in [0.717, 1.165) is 32.6 Å². The van der Waals surface area contributed by atoms with Crippen molar-refractivity contribution in [1.82, 2.24) is 9.80 Å². The normalized spacial score (nSPS) is 22.3. The number of hydrogen-bond acceptors (Lipinski definition) is 4. The predicted octanol–water partition coefficient (Wildman–Crippen LogP) is 0.379. The second kappa shape index (κ2) is 5.83. The molecule has 0 aliphatic carbocycles. The molecular weight excluding hydrogens is 206 g/mol. The van der Waals surface area contributed by atoms with Gasteiger partial charge in [-0.15, -0.1) is 0 Å². The first-order chi connectivity index (χ1) is 7.60. The van der Waals surface area contributed by atoms with Crippen LogP contribution in [0, 0.1) is 11.3 Å². The van der Waals surface area contributed by atoms with Crippen LogP contribution in [-0.2, 0) is 4.79 Å². The average molecular weight is 225 g/mol. The van der Waals surface area contributed by atoms with Crippen molar-refractivity contribution in [3.05, 3.63) is 0 Å². The Balaban J connectivity index is 2.45. The zero-order valence-electron chi connectivity index (χ0n) is 9.89. The van der Waals surface area contributed by atoms with E-state index in [1.165, 1.54) is 0 Å². The molecule has 1 saturated heterocycles. The number of aliphatic carboxylic acids is 1. The summed E-state index contributed by atoms with van der Waals surface area (Å²) < 4.78 is 0. The molecule has 0 aromatic carbocycles. The van der Waals surface area contributed by atoms with Crippen LogP contribution in [0.15, 0.2) is 0 Å². The van der Waals surface area contributed by atoms with Crippen molar-refractivity contribution in [2.45, 2.75) is 32.4 Å². The number of nitriles is 1. The Morgan fingerprint density at radius 3 is 2.25 bits per heavy atom. The Kier molecular flexibility index (Phi) is 4.71. The van der Waals surface area contributed by atoms with E-state index in [2.05, 4.69) is 11.0 Å². The second-order valence-electron chi connectivity index (χ2n) is 4.14. The molecule has 1 N–H and O–H groups in total. The highest BCUT2D eigenvalue weighted by Crippen LogP contribution is 2.11. The van der Waals surface area contributed by atoms with E-state index < -0.39 is 12.0 Å². The van der Waals surface area contributed by atoms with Gasteiger partial charge in [-0.3, -0.25) is 14.6 Å². The third-order valence-electron chi connectivity index (χ3n) is 3.23. The van der Waals surface area contributed by atoms with Crippen LogP contribution < -0.4 is 0 Å². The SMILES string of the molecule is CCC(C#N)N1CCN(C(C)C(=O)O)CC1. The molecule has 0 spiro atoms. The number of hydrogen-bond donors (Lipinski definition) is 1. The second-order valence-corrected chi connectivity index (χ2v) is 4.14. The van der Waals surface area contributed by atoms with Gasteiger partial charge in [0.2, 0.25) is 0 Å². The predicted molar refractivity (Wildman–Crippen MR) is 59.9 cm³/mol. The van der Waals surface area contributed by atoms with Crippen LogP contribution in [0.3, 0.4) is 0 Å². The van der Waals surface area contributed by atoms with Crippen LogP contribution in [0.5, 0.6) is 0 Å². The van der Waals surface area contributed by atoms with Gasteiger partial charge in [-0.25, -0.2) is 0 Å². The quantitative estimate of drug-likeness (QED) is 0.749. The molecule has 0 saturated carbocycles. The zero-order chi connectivity index (χ0) is 12.1. The van der Waals surface area contributed by atoms with Gasteiger partial charge >= 0.3 is 5.97 Å². The molecule has 2 unspecified atom stereocenters. The molecule has 0 amide bonds. The minimum Gasteiger partial charge on any atom is -0.480 e. The van der Waals surface area contributed by atoms with E-state index in [-0.39, 0.29) is 6.04 Å². The summed E-state index contributed by atoms with van der Waals surface area (Å²) in [6, 6.07) is 1.83. The van der Waals surface area contributed by atoms with Crippen molar-refractivity contribution in [1.29, 1.82) is 5.26 Å². The van der Waals surface area contributed by atoms with Gasteiger partial charge in [-0.1, -0.05) is 6.92 Å². The highest BCUT2D eigenvalue weighted by Gasteiger charge is 2.27. The Bertz CT molecular complexity index is 279. The summed E-state index contributed by atoms with van der Waals surface area (Å²) in [5.41, 5.74) is 0. The number of carboxylic acid groups (broad SMARTS) is 1. The number of carbonyl (C=O) groups is 1. The summed E-state index contributed by atoms with van der Waals surface area (Å²) in [6.07, 6.45) is 0.824. The van der Waals surface area contributed by atoms with Gasteiger partial charge in [-0.05, 0) is 13.3 Å². The largest absolute Gasteiger partial charge is 0.480 e. The lowest BCUT2D eigenvalue weighted by molar-refractivity contribution is -0.143. The van der Waals surface area contributed by atoms with Crippen molar-refractivity contribution in [3.63, 3.8) is 0 Å². The molecule has 16 heavy (non-hydrogen) atoms. The van der Waals surface area contributed by atoms with Crippen LogP contribution in [-0.4, -0.2) is 59.1 Å². The minimum atomic E-state index is -0.777. The Morgan fingerprint density at radius 2 is 1.88 bits per heavy atom. The van der Waals surface area contributed by atoms with Crippen LogP contribution in [0.1, 0.15) is 20.3 Å². The number of piperazine rings is 1. The molecular formula is C11H19N3O2. The number of nitrogens with zero attached hydrogens (tertiary/aromatic N) is 3. The minimum absolute atomic E-state index is 0.0257. The first-order valence-corrected chi connectivity index (χ1v) is 5.70. The molecule has 2 atom stereocenters. The van der Waals surface area contributed by atoms with Gasteiger partial charge in [0.25, 0.3) is 0 Å². The molecule has 0 aromatic rings. The summed E-state index contributed by atoms with van der Waals surface area (Å²) >= 11 is 0. The van der Waals surface area contributed by atoms with Gasteiger partial charge in [0.05, 0.1) is 12.1 Å². The lowest BCUT2D eigenvalue weighted by Crippen LogP contribution is -2.53. The van der Waals surface area contributed by atoms with Crippen LogP contribution in [0.2, 0.25) is 0 Å². The summed E-state index contributed by atoms with van der Waals surface area (Å²) in [7, 11) is 0. The fourth-order valence-corrected chi connectivity index (χ4v) is 2.02. The third-order valence-corrected chi connectivity index (χ3v) is 3.23. The van der Waals surface area contributed by atoms with Crippen molar-refractivity contribution >= 4 is 5.97 Å². The lowest BCUT2D eigenvalue weighted by atomic mass is 10.1. The molecule has 1 rings (SSSR count). The number of carboxylic acids is 1. The summed E-state index contributed by atoms with van der Waals surface area (Å²) in [4.78, 5) is 14.9. The van der Waals surface area contributed by atoms with Crippen molar-refractivity contribution in [2.75, 3.05) is 26.2 Å². The maximum absolute atomic E-state index is 10.8. The third kappa shape index (κ3) is 2.94. The lowest BCUT2D eigenvalue weighted by Gasteiger charge is -2.38. The van der Waals surface area contributed by atoms with Crippen LogP contribution in [0.4, 0.5) is 0 Å². The Hall–Kier alpha value is -1.12. The molecule has 1 heterocycles. The first-order valence-electron chi connectivity index (χ1n) is 5.70. The standard InChI is InChI=1S/C11H19N3O2/c1-3-10(8-12)14-6-4-13(5-7-14)9(2)11(15)16/h9-10H,3-7H2,1-2H3,(H,15,16). The van der Waals surface area contributed by atoms with E-state index in [0.29, 0.717) is 0 Å². The zero-order valence-corrected chi connectivity index (χ0v) is 9.89. The van der Waals surface area contributed by atoms with Gasteiger partial charge in [0, 0.05) is 26.2 Å². The Labute approximate surface area is 96.3 Å². The smallest absolute Gasteiger partial charge is 0.320 e. The maximum atomic E-state index is 10.8. The molecule has 0 aromatic heterocycles. The van der Waals surface area contributed by atoms with Gasteiger partial charge in [-0.2, -0.15) is 5.26 Å². The first kappa shape index (κ1) is 12.9. The van der Waals surface area contributed by atoms with Crippen molar-refractivity contribution in [2.24, 2.45) is 0 Å². The molecule has 0 bridgehead atoms. The maximum Gasteiger partial charge on any atom is 0.320 e. The molecule has 1 fully saturated rings. The van der Waals surface area contributed by atoms with Crippen LogP contribution in [0.25, 0.3) is 0 Å². The highest BCUT2D eigenvalue weighted by molar-refractivity contribution is 5.72. The monoisotopic (exact) mass is 225 g/mol. The molecule has 5 nitrogen and oxygen atoms in total. The molecule has 90 valence electrons. The fraction of sp³-hybridized carbons (Fsp3) is 0.818. The molecule has 5 heteroatoms. The Morgan fingerprint density at radius 1 is 1.38 bits per heavy atom. The molecule has 1 aliphatic heterocycles. The molecule has 1 aliphatic rings. The topological polar surface area (TPSA) is 67.6 Å². The van der Waals surface area contributed by atoms with Crippen LogP contribution >= 0.6 is 0 Å². The van der Waals surface area contributed by atoms with Crippen molar-refractivity contribution < 1.29 is 9.90 Å². The van der Waals surface area contributed by atoms with E-state index in [1.54, 1.807) is 6.92 Å². The average Bonchev–Trinajstić information content (AvgIpc) is 2.30. The summed E-state index contributed by atoms with van der Waals surface area (Å²) in [5.74, 6) is -0.777. The van der Waals surface area contributed by atoms with E-state index >= 15 is 0 Å². The van der Waals surface area contributed by atoms with Gasteiger partial charge in [0.15, 0.2) is 0 Å². The summed E-state index contributed by atoms with van der Waals surface area (Å²) in [6.45, 7) is 6.73. The highest BCUT2D eigenvalue weighted by atomic mass is 16.4. The van der Waals surface area contributed by atoms with E-state index in [4.69, 9.17) is 10.4 Å². The molecule has 0 radical (unpaired) electrons. The van der Waals surface area contributed by atoms with E-state index in [9.17, 15) is 4.79 Å². The van der Waals surface area contributed by atoms with Gasteiger partial charge < -0.3 is 5.11 Å². The van der Waals surface area contributed by atoms with Crippen molar-refractivity contribution in [3.8, 4) is 6.07 Å². The summed E-state index contributed by atoms with van der Waals surface area (Å²) in [5, 5.41) is 17.8. The number of rotatable bonds is 4. The fourth-order valence-electron chi connectivity index (χ4n) is 2.02. The van der Waals surface area contributed by atoms with Gasteiger partial charge in [0.1, 0.15) is 6.04 Å².